The van der Waals surface area contributed by atoms with Crippen LogP contribution in [0.2, 0.25) is 0 Å². The summed E-state index contributed by atoms with van der Waals surface area (Å²) in [6, 6.07) is 8.42. The Morgan fingerprint density at radius 1 is 1.47 bits per heavy atom. The Hall–Kier alpha value is -0.320. The summed E-state index contributed by atoms with van der Waals surface area (Å²) in [5, 5.41) is 0. The van der Waals surface area contributed by atoms with Crippen molar-refractivity contribution in [2.45, 2.75) is 10.8 Å². The van der Waals surface area contributed by atoms with E-state index in [0.29, 0.717) is 18.2 Å². The predicted molar refractivity (Wildman–Crippen MR) is 66.8 cm³/mol. The Morgan fingerprint density at radius 2 is 2.27 bits per heavy atom. The SMILES string of the molecule is NCCS(=O)CC1CSc2ccccc21. The highest BCUT2D eigenvalue weighted by Gasteiger charge is 2.23. The van der Waals surface area contributed by atoms with E-state index >= 15 is 0 Å². The second kappa shape index (κ2) is 5.14. The van der Waals surface area contributed by atoms with Crippen molar-refractivity contribution >= 4 is 22.6 Å². The number of rotatable bonds is 4. The van der Waals surface area contributed by atoms with Crippen LogP contribution in [0.25, 0.3) is 0 Å². The first kappa shape index (κ1) is 11.2. The zero-order valence-corrected chi connectivity index (χ0v) is 10.2. The van der Waals surface area contributed by atoms with Gasteiger partial charge in [-0.3, -0.25) is 4.21 Å². The Bertz CT molecular complexity index is 367. The summed E-state index contributed by atoms with van der Waals surface area (Å²) in [7, 11) is -0.755. The second-order valence-electron chi connectivity index (χ2n) is 3.65. The quantitative estimate of drug-likeness (QED) is 0.870. The molecule has 2 unspecified atom stereocenters. The summed E-state index contributed by atoms with van der Waals surface area (Å²) >= 11 is 1.87. The van der Waals surface area contributed by atoms with Gasteiger partial charge in [0.05, 0.1) is 0 Å². The van der Waals surface area contributed by atoms with E-state index in [9.17, 15) is 4.21 Å². The van der Waals surface area contributed by atoms with Gasteiger partial charge in [-0.25, -0.2) is 0 Å². The van der Waals surface area contributed by atoms with Gasteiger partial charge in [0.15, 0.2) is 0 Å². The summed E-state index contributed by atoms with van der Waals surface area (Å²) in [5.74, 6) is 2.92. The van der Waals surface area contributed by atoms with Crippen molar-refractivity contribution in [3.8, 4) is 0 Å². The van der Waals surface area contributed by atoms with Gasteiger partial charge < -0.3 is 5.73 Å². The summed E-state index contributed by atoms with van der Waals surface area (Å²) in [6.45, 7) is 0.522. The molecule has 0 aromatic heterocycles. The molecule has 2 atom stereocenters. The monoisotopic (exact) mass is 241 g/mol. The smallest absolute Gasteiger partial charge is 0.0358 e. The Morgan fingerprint density at radius 3 is 3.07 bits per heavy atom. The van der Waals surface area contributed by atoms with Gasteiger partial charge in [-0.05, 0) is 11.6 Å². The average molecular weight is 241 g/mol. The minimum atomic E-state index is -0.755. The first-order chi connectivity index (χ1) is 7.31. The lowest BCUT2D eigenvalue weighted by Crippen LogP contribution is -2.16. The molecule has 2 nitrogen and oxygen atoms in total. The molecule has 0 saturated carbocycles. The summed E-state index contributed by atoms with van der Waals surface area (Å²) in [4.78, 5) is 1.35. The first-order valence-corrected chi connectivity index (χ1v) is 7.55. The maximum atomic E-state index is 11.6. The van der Waals surface area contributed by atoms with Crippen molar-refractivity contribution < 1.29 is 4.21 Å². The largest absolute Gasteiger partial charge is 0.330 e. The van der Waals surface area contributed by atoms with Crippen LogP contribution in [-0.4, -0.2) is 28.0 Å². The molecule has 0 radical (unpaired) electrons. The molecule has 1 aromatic rings. The van der Waals surface area contributed by atoms with E-state index in [1.807, 2.05) is 11.8 Å². The van der Waals surface area contributed by atoms with Crippen LogP contribution in [0.15, 0.2) is 29.2 Å². The van der Waals surface area contributed by atoms with Gasteiger partial charge >= 0.3 is 0 Å². The van der Waals surface area contributed by atoms with Crippen LogP contribution < -0.4 is 5.73 Å². The summed E-state index contributed by atoms with van der Waals surface area (Å²) in [6.07, 6.45) is 0. The second-order valence-corrected chi connectivity index (χ2v) is 6.33. The maximum absolute atomic E-state index is 11.6. The van der Waals surface area contributed by atoms with Crippen molar-refractivity contribution in [1.29, 1.82) is 0 Å². The van der Waals surface area contributed by atoms with Crippen molar-refractivity contribution in [3.63, 3.8) is 0 Å². The van der Waals surface area contributed by atoms with Gasteiger partial charge in [0, 0.05) is 45.4 Å². The number of hydrogen-bond donors (Lipinski definition) is 1. The zero-order chi connectivity index (χ0) is 10.7. The van der Waals surface area contributed by atoms with Gasteiger partial charge in [0.2, 0.25) is 0 Å². The predicted octanol–water partition coefficient (Wildman–Crippen LogP) is 1.58. The molecule has 0 bridgehead atoms. The van der Waals surface area contributed by atoms with Crippen LogP contribution in [0, 0.1) is 0 Å². The van der Waals surface area contributed by atoms with Crippen LogP contribution >= 0.6 is 11.8 Å². The molecule has 4 heteroatoms. The molecule has 15 heavy (non-hydrogen) atoms. The highest BCUT2D eigenvalue weighted by Crippen LogP contribution is 2.39. The van der Waals surface area contributed by atoms with E-state index in [2.05, 4.69) is 24.3 Å². The standard InChI is InChI=1S/C11H15NOS2/c12-5-6-15(13)8-9-7-14-11-4-2-1-3-10(9)11/h1-4,9H,5-8,12H2. The highest BCUT2D eigenvalue weighted by molar-refractivity contribution is 7.99. The summed E-state index contributed by atoms with van der Waals surface area (Å²) < 4.78 is 11.6. The number of fused-ring (bicyclic) bond motifs is 1. The zero-order valence-electron chi connectivity index (χ0n) is 8.52. The molecule has 0 fully saturated rings. The van der Waals surface area contributed by atoms with Crippen LogP contribution in [0.1, 0.15) is 11.5 Å². The van der Waals surface area contributed by atoms with Gasteiger partial charge in [-0.15, -0.1) is 11.8 Å². The van der Waals surface area contributed by atoms with E-state index in [1.165, 1.54) is 10.5 Å². The molecule has 0 saturated heterocycles. The molecule has 1 aromatic carbocycles. The molecule has 82 valence electrons. The van der Waals surface area contributed by atoms with E-state index in [4.69, 9.17) is 5.73 Å². The normalized spacial score (nSPS) is 21.3. The van der Waals surface area contributed by atoms with Gasteiger partial charge in [0.25, 0.3) is 0 Å². The van der Waals surface area contributed by atoms with Crippen LogP contribution in [0.3, 0.4) is 0 Å². The third-order valence-corrected chi connectivity index (χ3v) is 5.25. The van der Waals surface area contributed by atoms with Crippen molar-refractivity contribution in [1.82, 2.24) is 0 Å². The Kier molecular flexibility index (Phi) is 3.83. The molecule has 1 heterocycles. The van der Waals surface area contributed by atoms with E-state index < -0.39 is 10.8 Å². The van der Waals surface area contributed by atoms with Crippen molar-refractivity contribution in [2.75, 3.05) is 23.8 Å². The lowest BCUT2D eigenvalue weighted by Gasteiger charge is -2.09. The Labute approximate surface area is 97.1 Å². The summed E-state index contributed by atoms with van der Waals surface area (Å²) in [5.41, 5.74) is 6.77. The fraction of sp³-hybridized carbons (Fsp3) is 0.455. The van der Waals surface area contributed by atoms with Gasteiger partial charge in [-0.2, -0.15) is 0 Å². The lowest BCUT2D eigenvalue weighted by molar-refractivity contribution is 0.677. The molecule has 0 aliphatic carbocycles. The fourth-order valence-corrected chi connectivity index (χ4v) is 4.39. The number of benzene rings is 1. The van der Waals surface area contributed by atoms with Crippen molar-refractivity contribution in [2.24, 2.45) is 5.73 Å². The molecule has 0 spiro atoms. The molecular weight excluding hydrogens is 226 g/mol. The van der Waals surface area contributed by atoms with Crippen LogP contribution in [0.5, 0.6) is 0 Å². The van der Waals surface area contributed by atoms with Gasteiger partial charge in [-0.1, -0.05) is 18.2 Å². The molecule has 1 aliphatic heterocycles. The van der Waals surface area contributed by atoms with Crippen LogP contribution in [-0.2, 0) is 10.8 Å². The maximum Gasteiger partial charge on any atom is 0.0358 e. The van der Waals surface area contributed by atoms with E-state index in [0.717, 1.165) is 11.5 Å². The topological polar surface area (TPSA) is 43.1 Å². The third kappa shape index (κ3) is 2.62. The number of hydrogen-bond acceptors (Lipinski definition) is 3. The number of thioether (sulfide) groups is 1. The van der Waals surface area contributed by atoms with Gasteiger partial charge in [0.1, 0.15) is 0 Å². The minimum Gasteiger partial charge on any atom is -0.330 e. The lowest BCUT2D eigenvalue weighted by atomic mass is 10.0. The fourth-order valence-electron chi connectivity index (χ4n) is 1.81. The molecular formula is C11H15NOS2. The third-order valence-electron chi connectivity index (χ3n) is 2.53. The van der Waals surface area contributed by atoms with E-state index in [1.54, 1.807) is 0 Å². The molecule has 2 N–H and O–H groups in total. The Balaban J connectivity index is 2.04. The van der Waals surface area contributed by atoms with E-state index in [-0.39, 0.29) is 0 Å². The molecule has 0 amide bonds. The average Bonchev–Trinajstić information content (AvgIpc) is 2.62. The molecule has 1 aliphatic rings. The highest BCUT2D eigenvalue weighted by atomic mass is 32.2. The van der Waals surface area contributed by atoms with Crippen LogP contribution in [0.4, 0.5) is 0 Å². The minimum absolute atomic E-state index is 0.457. The molecule has 2 rings (SSSR count). The van der Waals surface area contributed by atoms with Crippen molar-refractivity contribution in [3.05, 3.63) is 29.8 Å². The number of nitrogens with two attached hydrogens (primary N) is 1. The first-order valence-electron chi connectivity index (χ1n) is 5.08.